The van der Waals surface area contributed by atoms with Crippen LogP contribution in [0.1, 0.15) is 12.1 Å². The van der Waals surface area contributed by atoms with Gasteiger partial charge in [-0.15, -0.1) is 11.3 Å². The van der Waals surface area contributed by atoms with Crippen LogP contribution >= 0.6 is 22.9 Å². The van der Waals surface area contributed by atoms with E-state index >= 15 is 0 Å². The number of nitrogens with one attached hydrogen (secondary N) is 2. The van der Waals surface area contributed by atoms with Gasteiger partial charge in [0.15, 0.2) is 10.9 Å². The molecule has 3 aromatic heterocycles. The summed E-state index contributed by atoms with van der Waals surface area (Å²) in [4.78, 5) is 16.5. The van der Waals surface area contributed by atoms with Gasteiger partial charge in [-0.1, -0.05) is 11.6 Å². The van der Waals surface area contributed by atoms with E-state index in [-0.39, 0.29) is 0 Å². The predicted octanol–water partition coefficient (Wildman–Crippen LogP) is 2.39. The van der Waals surface area contributed by atoms with Crippen LogP contribution in [-0.4, -0.2) is 46.5 Å². The number of halogens is 1. The van der Waals surface area contributed by atoms with Gasteiger partial charge in [0.1, 0.15) is 5.82 Å². The van der Waals surface area contributed by atoms with Crippen molar-refractivity contribution < 1.29 is 0 Å². The van der Waals surface area contributed by atoms with Gasteiger partial charge in [-0.05, 0) is 18.6 Å². The lowest BCUT2D eigenvalue weighted by Gasteiger charge is -2.20. The summed E-state index contributed by atoms with van der Waals surface area (Å²) in [5.74, 6) is 1.62. The van der Waals surface area contributed by atoms with Crippen molar-refractivity contribution in [3.8, 4) is 0 Å². The van der Waals surface area contributed by atoms with Crippen LogP contribution < -0.4 is 15.5 Å². The first-order valence-electron chi connectivity index (χ1n) is 8.46. The zero-order valence-electron chi connectivity index (χ0n) is 14.4. The number of rotatable bonds is 4. The molecular formula is C17H20ClN7S. The van der Waals surface area contributed by atoms with Crippen LogP contribution in [0.4, 0.5) is 5.82 Å². The van der Waals surface area contributed by atoms with Gasteiger partial charge in [0, 0.05) is 50.1 Å². The topological polar surface area (TPSA) is 69.8 Å². The zero-order valence-corrected chi connectivity index (χ0v) is 16.0. The van der Waals surface area contributed by atoms with Crippen LogP contribution in [0.3, 0.4) is 0 Å². The molecule has 4 heterocycles. The van der Waals surface area contributed by atoms with E-state index in [2.05, 4.69) is 30.5 Å². The summed E-state index contributed by atoms with van der Waals surface area (Å²) in [6.07, 6.45) is 6.83. The van der Waals surface area contributed by atoms with Crippen LogP contribution in [0.2, 0.25) is 5.02 Å². The lowest BCUT2D eigenvalue weighted by Crippen LogP contribution is -2.44. The molecule has 0 saturated carbocycles. The third kappa shape index (κ3) is 3.61. The first-order valence-corrected chi connectivity index (χ1v) is 9.72. The maximum absolute atomic E-state index is 6.26. The number of nitrogens with zero attached hydrogens (tertiary/aromatic N) is 5. The SMILES string of the molecule is CN=C(NCc1cn2ccsc2n1)NC1CCN(c2ncccc2Cl)C1. The van der Waals surface area contributed by atoms with Crippen molar-refractivity contribution in [1.82, 2.24) is 25.0 Å². The summed E-state index contributed by atoms with van der Waals surface area (Å²) in [5.41, 5.74) is 0.994. The van der Waals surface area contributed by atoms with Gasteiger partial charge >= 0.3 is 0 Å². The van der Waals surface area contributed by atoms with Gasteiger partial charge in [0.25, 0.3) is 0 Å². The predicted molar refractivity (Wildman–Crippen MR) is 106 cm³/mol. The highest BCUT2D eigenvalue weighted by Gasteiger charge is 2.25. The molecule has 0 aromatic carbocycles. The molecule has 1 atom stereocenters. The first-order chi connectivity index (χ1) is 12.7. The van der Waals surface area contributed by atoms with E-state index in [0.29, 0.717) is 17.6 Å². The van der Waals surface area contributed by atoms with Crippen molar-refractivity contribution in [3.05, 3.63) is 46.8 Å². The molecule has 4 rings (SSSR count). The second-order valence-corrected chi connectivity index (χ2v) is 7.42. The number of aliphatic imine (C=N–C) groups is 1. The molecule has 7 nitrogen and oxygen atoms in total. The Kier molecular flexibility index (Phi) is 4.94. The molecule has 0 amide bonds. The van der Waals surface area contributed by atoms with Crippen LogP contribution in [0.5, 0.6) is 0 Å². The fourth-order valence-corrected chi connectivity index (χ4v) is 4.06. The molecule has 1 unspecified atom stereocenters. The molecule has 1 saturated heterocycles. The molecule has 2 N–H and O–H groups in total. The van der Waals surface area contributed by atoms with E-state index in [0.717, 1.165) is 41.9 Å². The number of pyridine rings is 1. The second-order valence-electron chi connectivity index (χ2n) is 6.14. The summed E-state index contributed by atoms with van der Waals surface area (Å²) in [6.45, 7) is 2.40. The number of hydrogen-bond acceptors (Lipinski definition) is 5. The van der Waals surface area contributed by atoms with Gasteiger partial charge in [-0.3, -0.25) is 9.39 Å². The lowest BCUT2D eigenvalue weighted by molar-refractivity contribution is 0.647. The third-order valence-corrected chi connectivity index (χ3v) is 5.44. The summed E-state index contributed by atoms with van der Waals surface area (Å²) in [5, 5.41) is 9.53. The molecule has 1 fully saturated rings. The van der Waals surface area contributed by atoms with Gasteiger partial charge in [0.2, 0.25) is 0 Å². The fourth-order valence-electron chi connectivity index (χ4n) is 3.10. The summed E-state index contributed by atoms with van der Waals surface area (Å²) < 4.78 is 2.03. The molecule has 0 bridgehead atoms. The van der Waals surface area contributed by atoms with Crippen molar-refractivity contribution in [3.63, 3.8) is 0 Å². The molecule has 9 heteroatoms. The molecule has 0 spiro atoms. The Morgan fingerprint density at radius 2 is 2.42 bits per heavy atom. The Morgan fingerprint density at radius 1 is 1.50 bits per heavy atom. The highest BCUT2D eigenvalue weighted by Crippen LogP contribution is 2.25. The Morgan fingerprint density at radius 3 is 3.23 bits per heavy atom. The molecule has 136 valence electrons. The van der Waals surface area contributed by atoms with E-state index in [4.69, 9.17) is 11.6 Å². The average molecular weight is 390 g/mol. The summed E-state index contributed by atoms with van der Waals surface area (Å²) in [6, 6.07) is 4.02. The van der Waals surface area contributed by atoms with Gasteiger partial charge in [-0.25, -0.2) is 9.97 Å². The molecule has 3 aromatic rings. The minimum Gasteiger partial charge on any atom is -0.353 e. The van der Waals surface area contributed by atoms with Crippen molar-refractivity contribution in [2.24, 2.45) is 4.99 Å². The lowest BCUT2D eigenvalue weighted by atomic mass is 10.3. The normalized spacial score (nSPS) is 17.8. The number of fused-ring (bicyclic) bond motifs is 1. The number of aromatic nitrogens is 3. The molecule has 26 heavy (non-hydrogen) atoms. The quantitative estimate of drug-likeness (QED) is 0.529. The van der Waals surface area contributed by atoms with Crippen molar-refractivity contribution in [2.45, 2.75) is 19.0 Å². The number of imidazole rings is 1. The van der Waals surface area contributed by atoms with Crippen LogP contribution in [-0.2, 0) is 6.54 Å². The van der Waals surface area contributed by atoms with Gasteiger partial charge in [-0.2, -0.15) is 0 Å². The van der Waals surface area contributed by atoms with Crippen molar-refractivity contribution in [2.75, 3.05) is 25.0 Å². The minimum absolute atomic E-state index is 0.296. The zero-order chi connectivity index (χ0) is 17.9. The fraction of sp³-hybridized carbons (Fsp3) is 0.353. The first kappa shape index (κ1) is 17.1. The Balaban J connectivity index is 1.32. The number of hydrogen-bond donors (Lipinski definition) is 2. The monoisotopic (exact) mass is 389 g/mol. The molecule has 0 radical (unpaired) electrons. The molecule has 1 aliphatic heterocycles. The maximum atomic E-state index is 6.26. The summed E-state index contributed by atoms with van der Waals surface area (Å²) >= 11 is 7.89. The standard InChI is InChI=1S/C17H20ClN7S/c1-19-16(21-9-13-11-25-7-8-26-17(25)23-13)22-12-4-6-24(10-12)15-14(18)3-2-5-20-15/h2-3,5,7-8,11-12H,4,6,9-10H2,1H3,(H2,19,21,22). The minimum atomic E-state index is 0.296. The maximum Gasteiger partial charge on any atom is 0.193 e. The van der Waals surface area contributed by atoms with E-state index in [1.807, 2.05) is 34.3 Å². The Bertz CT molecular complexity index is 890. The second kappa shape index (κ2) is 7.51. The highest BCUT2D eigenvalue weighted by atomic mass is 35.5. The van der Waals surface area contributed by atoms with E-state index in [1.165, 1.54) is 0 Å². The van der Waals surface area contributed by atoms with Crippen LogP contribution in [0, 0.1) is 0 Å². The number of thiazole rings is 1. The molecular weight excluding hydrogens is 370 g/mol. The molecule has 0 aliphatic carbocycles. The van der Waals surface area contributed by atoms with E-state index in [9.17, 15) is 0 Å². The third-order valence-electron chi connectivity index (χ3n) is 4.37. The largest absolute Gasteiger partial charge is 0.353 e. The molecule has 1 aliphatic rings. The van der Waals surface area contributed by atoms with Crippen LogP contribution in [0.15, 0.2) is 41.1 Å². The summed E-state index contributed by atoms with van der Waals surface area (Å²) in [7, 11) is 1.78. The Hall–Kier alpha value is -2.32. The number of guanidine groups is 1. The van der Waals surface area contributed by atoms with Crippen molar-refractivity contribution >= 4 is 39.7 Å². The smallest absolute Gasteiger partial charge is 0.193 e. The Labute approximate surface area is 160 Å². The van der Waals surface area contributed by atoms with E-state index < -0.39 is 0 Å². The highest BCUT2D eigenvalue weighted by molar-refractivity contribution is 7.15. The van der Waals surface area contributed by atoms with Crippen LogP contribution in [0.25, 0.3) is 4.96 Å². The van der Waals surface area contributed by atoms with Crippen molar-refractivity contribution in [1.29, 1.82) is 0 Å². The van der Waals surface area contributed by atoms with Gasteiger partial charge in [0.05, 0.1) is 17.3 Å². The average Bonchev–Trinajstić information content (AvgIpc) is 3.35. The number of anilines is 1. The van der Waals surface area contributed by atoms with E-state index in [1.54, 1.807) is 24.6 Å². The van der Waals surface area contributed by atoms with Gasteiger partial charge < -0.3 is 15.5 Å².